The first-order chi connectivity index (χ1) is 6.57. The summed E-state index contributed by atoms with van der Waals surface area (Å²) in [5.41, 5.74) is 7.57. The van der Waals surface area contributed by atoms with Crippen LogP contribution >= 0.6 is 11.6 Å². The summed E-state index contributed by atoms with van der Waals surface area (Å²) in [5, 5.41) is 0.623. The average Bonchev–Trinajstić information content (AvgIpc) is 2.20. The van der Waals surface area contributed by atoms with Gasteiger partial charge in [-0.1, -0.05) is 24.6 Å². The molecule has 0 heterocycles. The fourth-order valence-electron chi connectivity index (χ4n) is 1.34. The van der Waals surface area contributed by atoms with Gasteiger partial charge in [0.25, 0.3) is 0 Å². The monoisotopic (exact) mass is 212 g/mol. The maximum atomic E-state index is 5.95. The van der Waals surface area contributed by atoms with Gasteiger partial charge < -0.3 is 10.6 Å². The summed E-state index contributed by atoms with van der Waals surface area (Å²) in [6.45, 7) is 4.32. The molecule has 0 aliphatic rings. The molecule has 2 N–H and O–H groups in total. The molecule has 78 valence electrons. The first-order valence-electron chi connectivity index (χ1n) is 4.84. The Morgan fingerprint density at radius 2 is 2.14 bits per heavy atom. The van der Waals surface area contributed by atoms with Crippen molar-refractivity contribution in [3.8, 4) is 0 Å². The van der Waals surface area contributed by atoms with Crippen LogP contribution in [0.2, 0.25) is 5.02 Å². The molecule has 1 aromatic carbocycles. The quantitative estimate of drug-likeness (QED) is 0.780. The summed E-state index contributed by atoms with van der Waals surface area (Å²) >= 11 is 5.95. The summed E-state index contributed by atoms with van der Waals surface area (Å²) < 4.78 is 0. The van der Waals surface area contributed by atoms with Crippen LogP contribution in [-0.2, 0) is 0 Å². The lowest BCUT2D eigenvalue weighted by Crippen LogP contribution is -2.28. The molecule has 1 unspecified atom stereocenters. The summed E-state index contributed by atoms with van der Waals surface area (Å²) in [7, 11) is 2.04. The molecule has 1 aromatic rings. The van der Waals surface area contributed by atoms with Crippen LogP contribution in [0.5, 0.6) is 0 Å². The Labute approximate surface area is 90.7 Å². The Balaban J connectivity index is 3.01. The lowest BCUT2D eigenvalue weighted by molar-refractivity contribution is 0.664. The van der Waals surface area contributed by atoms with E-state index in [-0.39, 0.29) is 0 Å². The normalized spacial score (nSPS) is 12.6. The molecular formula is C11H17ClN2. The van der Waals surface area contributed by atoms with Gasteiger partial charge in [0.2, 0.25) is 0 Å². The Morgan fingerprint density at radius 1 is 1.50 bits per heavy atom. The zero-order chi connectivity index (χ0) is 10.7. The van der Waals surface area contributed by atoms with Crippen molar-refractivity contribution in [1.29, 1.82) is 0 Å². The number of hydrogen-bond acceptors (Lipinski definition) is 2. The minimum absolute atomic E-state index is 0.468. The average molecular weight is 213 g/mol. The molecule has 0 saturated heterocycles. The van der Waals surface area contributed by atoms with Crippen LogP contribution in [0.1, 0.15) is 20.3 Å². The number of anilines is 2. The second-order valence-corrected chi connectivity index (χ2v) is 3.95. The van der Waals surface area contributed by atoms with Gasteiger partial charge in [-0.2, -0.15) is 0 Å². The minimum atomic E-state index is 0.468. The van der Waals surface area contributed by atoms with Gasteiger partial charge in [0.05, 0.1) is 16.4 Å². The van der Waals surface area contributed by atoms with Gasteiger partial charge in [-0.3, -0.25) is 0 Å². The van der Waals surface area contributed by atoms with Crippen molar-refractivity contribution < 1.29 is 0 Å². The molecule has 3 heteroatoms. The Bertz CT molecular complexity index is 312. The predicted molar refractivity (Wildman–Crippen MR) is 64.0 cm³/mol. The van der Waals surface area contributed by atoms with Crippen LogP contribution in [-0.4, -0.2) is 13.1 Å². The van der Waals surface area contributed by atoms with E-state index in [9.17, 15) is 0 Å². The highest BCUT2D eigenvalue weighted by atomic mass is 35.5. The van der Waals surface area contributed by atoms with E-state index in [2.05, 4.69) is 18.7 Å². The van der Waals surface area contributed by atoms with Crippen molar-refractivity contribution >= 4 is 23.0 Å². The van der Waals surface area contributed by atoms with Crippen LogP contribution in [0, 0.1) is 0 Å². The van der Waals surface area contributed by atoms with Crippen LogP contribution in [0.15, 0.2) is 18.2 Å². The van der Waals surface area contributed by atoms with E-state index in [1.54, 1.807) is 0 Å². The molecule has 14 heavy (non-hydrogen) atoms. The minimum Gasteiger partial charge on any atom is -0.396 e. The summed E-state index contributed by atoms with van der Waals surface area (Å²) in [5.74, 6) is 0. The number of hydrogen-bond donors (Lipinski definition) is 1. The molecule has 0 radical (unpaired) electrons. The standard InChI is InChI=1S/C11H17ClN2/c1-4-8(2)14(3)10-7-5-6-9(12)11(10)13/h5-8H,4,13H2,1-3H3. The molecule has 1 atom stereocenters. The summed E-state index contributed by atoms with van der Waals surface area (Å²) in [4.78, 5) is 2.15. The van der Waals surface area contributed by atoms with Gasteiger partial charge in [0.15, 0.2) is 0 Å². The van der Waals surface area contributed by atoms with E-state index < -0.39 is 0 Å². The van der Waals surface area contributed by atoms with E-state index in [0.717, 1.165) is 12.1 Å². The highest BCUT2D eigenvalue weighted by molar-refractivity contribution is 6.33. The zero-order valence-electron chi connectivity index (χ0n) is 8.92. The van der Waals surface area contributed by atoms with Gasteiger partial charge in [-0.15, -0.1) is 0 Å². The van der Waals surface area contributed by atoms with Crippen LogP contribution in [0.3, 0.4) is 0 Å². The molecule has 0 aliphatic carbocycles. The topological polar surface area (TPSA) is 29.3 Å². The number of rotatable bonds is 3. The molecule has 0 saturated carbocycles. The third-order valence-electron chi connectivity index (χ3n) is 2.66. The molecule has 0 aromatic heterocycles. The van der Waals surface area contributed by atoms with Crippen LogP contribution < -0.4 is 10.6 Å². The fraction of sp³-hybridized carbons (Fsp3) is 0.455. The number of nitrogens with two attached hydrogens (primary N) is 1. The number of nitrogen functional groups attached to an aromatic ring is 1. The van der Waals surface area contributed by atoms with E-state index >= 15 is 0 Å². The maximum absolute atomic E-state index is 5.95. The molecule has 0 spiro atoms. The lowest BCUT2D eigenvalue weighted by atomic mass is 10.2. The van der Waals surface area contributed by atoms with Crippen molar-refractivity contribution in [1.82, 2.24) is 0 Å². The Hall–Kier alpha value is -0.890. The largest absolute Gasteiger partial charge is 0.396 e. The first kappa shape index (κ1) is 11.2. The van der Waals surface area contributed by atoms with Crippen molar-refractivity contribution in [3.05, 3.63) is 23.2 Å². The Kier molecular flexibility index (Phi) is 3.64. The van der Waals surface area contributed by atoms with E-state index in [4.69, 9.17) is 17.3 Å². The van der Waals surface area contributed by atoms with Crippen molar-refractivity contribution in [2.45, 2.75) is 26.3 Å². The van der Waals surface area contributed by atoms with E-state index in [1.807, 2.05) is 25.2 Å². The molecule has 0 fully saturated rings. The first-order valence-corrected chi connectivity index (χ1v) is 5.22. The Morgan fingerprint density at radius 3 is 2.71 bits per heavy atom. The van der Waals surface area contributed by atoms with Crippen molar-refractivity contribution in [3.63, 3.8) is 0 Å². The third-order valence-corrected chi connectivity index (χ3v) is 2.99. The smallest absolute Gasteiger partial charge is 0.0741 e. The highest BCUT2D eigenvalue weighted by Gasteiger charge is 2.11. The molecule has 0 aliphatic heterocycles. The number of nitrogens with zero attached hydrogens (tertiary/aromatic N) is 1. The second kappa shape index (κ2) is 4.56. The maximum Gasteiger partial charge on any atom is 0.0741 e. The number of benzene rings is 1. The fourth-order valence-corrected chi connectivity index (χ4v) is 1.51. The predicted octanol–water partition coefficient (Wildman–Crippen LogP) is 3.16. The highest BCUT2D eigenvalue weighted by Crippen LogP contribution is 2.30. The number of halogens is 1. The number of para-hydroxylation sites is 1. The van der Waals surface area contributed by atoms with Gasteiger partial charge in [0, 0.05) is 13.1 Å². The molecular weight excluding hydrogens is 196 g/mol. The third kappa shape index (κ3) is 2.13. The van der Waals surface area contributed by atoms with Gasteiger partial charge in [-0.05, 0) is 25.5 Å². The van der Waals surface area contributed by atoms with Crippen molar-refractivity contribution in [2.75, 3.05) is 17.7 Å². The van der Waals surface area contributed by atoms with E-state index in [1.165, 1.54) is 0 Å². The van der Waals surface area contributed by atoms with E-state index in [0.29, 0.717) is 16.8 Å². The zero-order valence-corrected chi connectivity index (χ0v) is 9.67. The van der Waals surface area contributed by atoms with Crippen LogP contribution in [0.4, 0.5) is 11.4 Å². The summed E-state index contributed by atoms with van der Waals surface area (Å²) in [6, 6.07) is 6.20. The lowest BCUT2D eigenvalue weighted by Gasteiger charge is -2.27. The summed E-state index contributed by atoms with van der Waals surface area (Å²) in [6.07, 6.45) is 1.09. The molecule has 2 nitrogen and oxygen atoms in total. The molecule has 0 bridgehead atoms. The second-order valence-electron chi connectivity index (χ2n) is 3.54. The van der Waals surface area contributed by atoms with Gasteiger partial charge in [0.1, 0.15) is 0 Å². The van der Waals surface area contributed by atoms with Gasteiger partial charge >= 0.3 is 0 Å². The van der Waals surface area contributed by atoms with Crippen molar-refractivity contribution in [2.24, 2.45) is 0 Å². The molecule has 1 rings (SSSR count). The van der Waals surface area contributed by atoms with Gasteiger partial charge in [-0.25, -0.2) is 0 Å². The molecule has 0 amide bonds. The SMILES string of the molecule is CCC(C)N(C)c1cccc(Cl)c1N. The van der Waals surface area contributed by atoms with Crippen LogP contribution in [0.25, 0.3) is 0 Å².